The quantitative estimate of drug-likeness (QED) is 0.391. The van der Waals surface area contributed by atoms with E-state index in [1.807, 2.05) is 0 Å². The molecule has 0 aromatic heterocycles. The van der Waals surface area contributed by atoms with Crippen molar-refractivity contribution in [2.45, 2.75) is 25.9 Å². The molecule has 2 N–H and O–H groups in total. The number of nitrogens with one attached hydrogen (secondary N) is 2. The van der Waals surface area contributed by atoms with Crippen LogP contribution in [0.15, 0.2) is 84.9 Å². The average Bonchev–Trinajstić information content (AvgIpc) is 2.75. The van der Waals surface area contributed by atoms with E-state index in [1.165, 1.54) is 32.7 Å². The van der Waals surface area contributed by atoms with Crippen molar-refractivity contribution in [3.05, 3.63) is 96.1 Å². The van der Waals surface area contributed by atoms with Crippen LogP contribution in [0.1, 0.15) is 37.1 Å². The van der Waals surface area contributed by atoms with E-state index in [0.717, 1.165) is 13.1 Å². The molecule has 0 amide bonds. The highest BCUT2D eigenvalue weighted by Crippen LogP contribution is 2.25. The largest absolute Gasteiger partial charge is 0.309 e. The topological polar surface area (TPSA) is 24.1 Å². The van der Waals surface area contributed by atoms with Gasteiger partial charge in [0.15, 0.2) is 0 Å². The second-order valence-corrected chi connectivity index (χ2v) is 7.49. The Morgan fingerprint density at radius 3 is 1.39 bits per heavy atom. The van der Waals surface area contributed by atoms with E-state index in [2.05, 4.69) is 109 Å². The van der Waals surface area contributed by atoms with Gasteiger partial charge in [0, 0.05) is 25.2 Å². The first-order chi connectivity index (χ1) is 13.7. The minimum atomic E-state index is 0.320. The van der Waals surface area contributed by atoms with Gasteiger partial charge in [-0.2, -0.15) is 0 Å². The molecule has 2 nitrogen and oxygen atoms in total. The fraction of sp³-hybridized carbons (Fsp3) is 0.231. The summed E-state index contributed by atoms with van der Waals surface area (Å²) in [6.07, 6.45) is 0. The van der Waals surface area contributed by atoms with Crippen LogP contribution in [-0.2, 0) is 0 Å². The van der Waals surface area contributed by atoms with E-state index in [1.54, 1.807) is 0 Å². The zero-order chi connectivity index (χ0) is 19.3. The van der Waals surface area contributed by atoms with Gasteiger partial charge in [0.1, 0.15) is 0 Å². The summed E-state index contributed by atoms with van der Waals surface area (Å²) in [5, 5.41) is 12.6. The van der Waals surface area contributed by atoms with Gasteiger partial charge in [-0.15, -0.1) is 0 Å². The van der Waals surface area contributed by atoms with E-state index in [9.17, 15) is 0 Å². The molecule has 0 fully saturated rings. The lowest BCUT2D eigenvalue weighted by Gasteiger charge is -2.19. The fourth-order valence-corrected chi connectivity index (χ4v) is 4.05. The van der Waals surface area contributed by atoms with Crippen molar-refractivity contribution < 1.29 is 0 Å². The molecule has 0 heterocycles. The first-order valence-electron chi connectivity index (χ1n) is 10.2. The van der Waals surface area contributed by atoms with Crippen LogP contribution in [0.3, 0.4) is 0 Å². The summed E-state index contributed by atoms with van der Waals surface area (Å²) in [7, 11) is 0. The van der Waals surface area contributed by atoms with Gasteiger partial charge in [-0.1, -0.05) is 84.9 Å². The summed E-state index contributed by atoms with van der Waals surface area (Å²) in [5.41, 5.74) is 2.72. The van der Waals surface area contributed by atoms with E-state index in [4.69, 9.17) is 0 Å². The predicted molar refractivity (Wildman–Crippen MR) is 121 cm³/mol. The standard InChI is InChI=1S/C26H28N2/c1-19(23-15-7-11-21-9-3-5-13-25(21)23)27-17-18-28-20(2)24-16-8-12-22-10-4-6-14-26(22)24/h3-16,19-20,27-28H,17-18H2,1-2H3/t19-,20-/m0/s1. The molecule has 2 heteroatoms. The molecule has 142 valence electrons. The Morgan fingerprint density at radius 1 is 0.536 bits per heavy atom. The second kappa shape index (κ2) is 8.55. The highest BCUT2D eigenvalue weighted by molar-refractivity contribution is 5.86. The molecule has 0 bridgehead atoms. The molecule has 4 aromatic rings. The minimum Gasteiger partial charge on any atom is -0.309 e. The van der Waals surface area contributed by atoms with Gasteiger partial charge < -0.3 is 10.6 Å². The zero-order valence-electron chi connectivity index (χ0n) is 16.7. The third-order valence-corrected chi connectivity index (χ3v) is 5.61. The Labute approximate surface area is 167 Å². The molecule has 2 atom stereocenters. The molecule has 0 saturated carbocycles. The Bertz CT molecular complexity index is 972. The van der Waals surface area contributed by atoms with E-state index in [0.29, 0.717) is 12.1 Å². The molecule has 0 aliphatic heterocycles. The zero-order valence-corrected chi connectivity index (χ0v) is 16.7. The highest BCUT2D eigenvalue weighted by atomic mass is 15.0. The van der Waals surface area contributed by atoms with Crippen LogP contribution in [0.4, 0.5) is 0 Å². The van der Waals surface area contributed by atoms with Crippen LogP contribution in [0.5, 0.6) is 0 Å². The molecule has 0 aliphatic rings. The predicted octanol–water partition coefficient (Wildman–Crippen LogP) is 5.99. The third-order valence-electron chi connectivity index (χ3n) is 5.61. The maximum Gasteiger partial charge on any atom is 0.0298 e. The monoisotopic (exact) mass is 368 g/mol. The number of hydrogen-bond donors (Lipinski definition) is 2. The van der Waals surface area contributed by atoms with Crippen LogP contribution in [-0.4, -0.2) is 13.1 Å². The second-order valence-electron chi connectivity index (χ2n) is 7.49. The van der Waals surface area contributed by atoms with Gasteiger partial charge in [-0.25, -0.2) is 0 Å². The minimum absolute atomic E-state index is 0.320. The number of hydrogen-bond acceptors (Lipinski definition) is 2. The van der Waals surface area contributed by atoms with E-state index >= 15 is 0 Å². The molecular formula is C26H28N2. The van der Waals surface area contributed by atoms with Crippen molar-refractivity contribution in [3.8, 4) is 0 Å². The van der Waals surface area contributed by atoms with E-state index in [-0.39, 0.29) is 0 Å². The Hall–Kier alpha value is -2.68. The Morgan fingerprint density at radius 2 is 0.929 bits per heavy atom. The van der Waals surface area contributed by atoms with Gasteiger partial charge in [0.2, 0.25) is 0 Å². The highest BCUT2D eigenvalue weighted by Gasteiger charge is 2.10. The molecule has 0 radical (unpaired) electrons. The smallest absolute Gasteiger partial charge is 0.0298 e. The van der Waals surface area contributed by atoms with Gasteiger partial charge in [0.05, 0.1) is 0 Å². The van der Waals surface area contributed by atoms with Crippen LogP contribution < -0.4 is 10.6 Å². The summed E-state index contributed by atoms with van der Waals surface area (Å²) >= 11 is 0. The number of fused-ring (bicyclic) bond motifs is 2. The molecule has 0 aliphatic carbocycles. The van der Waals surface area contributed by atoms with Crippen molar-refractivity contribution in [2.24, 2.45) is 0 Å². The van der Waals surface area contributed by atoms with Crippen LogP contribution in [0.2, 0.25) is 0 Å². The van der Waals surface area contributed by atoms with Gasteiger partial charge >= 0.3 is 0 Å². The lowest BCUT2D eigenvalue weighted by Crippen LogP contribution is -2.30. The molecule has 4 rings (SSSR count). The molecular weight excluding hydrogens is 340 g/mol. The number of benzene rings is 4. The maximum absolute atomic E-state index is 3.67. The van der Waals surface area contributed by atoms with Gasteiger partial charge in [-0.05, 0) is 46.5 Å². The summed E-state index contributed by atoms with van der Waals surface area (Å²) in [6, 6.07) is 31.0. The van der Waals surface area contributed by atoms with Crippen molar-refractivity contribution in [1.29, 1.82) is 0 Å². The van der Waals surface area contributed by atoms with Gasteiger partial charge in [0.25, 0.3) is 0 Å². The van der Waals surface area contributed by atoms with Crippen molar-refractivity contribution in [3.63, 3.8) is 0 Å². The average molecular weight is 369 g/mol. The van der Waals surface area contributed by atoms with Crippen molar-refractivity contribution in [1.82, 2.24) is 10.6 Å². The lowest BCUT2D eigenvalue weighted by atomic mass is 9.99. The molecule has 28 heavy (non-hydrogen) atoms. The maximum atomic E-state index is 3.67. The first-order valence-corrected chi connectivity index (χ1v) is 10.2. The van der Waals surface area contributed by atoms with E-state index < -0.39 is 0 Å². The summed E-state index contributed by atoms with van der Waals surface area (Å²) in [5.74, 6) is 0. The Balaban J connectivity index is 1.36. The molecule has 0 unspecified atom stereocenters. The van der Waals surface area contributed by atoms with Crippen molar-refractivity contribution in [2.75, 3.05) is 13.1 Å². The lowest BCUT2D eigenvalue weighted by molar-refractivity contribution is 0.514. The Kier molecular flexibility index (Phi) is 5.70. The van der Waals surface area contributed by atoms with Crippen molar-refractivity contribution >= 4 is 21.5 Å². The normalized spacial score (nSPS) is 13.6. The SMILES string of the molecule is C[C@H](NCCN[C@@H](C)c1cccc2ccccc12)c1cccc2ccccc12. The summed E-state index contributed by atoms with van der Waals surface area (Å²) in [4.78, 5) is 0. The van der Waals surface area contributed by atoms with Crippen LogP contribution in [0.25, 0.3) is 21.5 Å². The summed E-state index contributed by atoms with van der Waals surface area (Å²) < 4.78 is 0. The first kappa shape index (κ1) is 18.7. The number of rotatable bonds is 7. The summed E-state index contributed by atoms with van der Waals surface area (Å²) in [6.45, 7) is 6.35. The third kappa shape index (κ3) is 3.94. The van der Waals surface area contributed by atoms with Crippen LogP contribution >= 0.6 is 0 Å². The van der Waals surface area contributed by atoms with Crippen LogP contribution in [0, 0.1) is 0 Å². The molecule has 0 saturated heterocycles. The fourth-order valence-electron chi connectivity index (χ4n) is 4.05. The molecule has 0 spiro atoms. The van der Waals surface area contributed by atoms with Gasteiger partial charge in [-0.3, -0.25) is 0 Å². The molecule has 4 aromatic carbocycles.